The van der Waals surface area contributed by atoms with E-state index in [1.165, 1.54) is 0 Å². The van der Waals surface area contributed by atoms with Gasteiger partial charge in [-0.2, -0.15) is 0 Å². The van der Waals surface area contributed by atoms with Gasteiger partial charge in [0.2, 0.25) is 0 Å². The number of hydrogen-bond donors (Lipinski definition) is 1. The van der Waals surface area contributed by atoms with Crippen LogP contribution in [0.5, 0.6) is 0 Å². The highest BCUT2D eigenvalue weighted by atomic mass is 35.5. The molecule has 144 valence electrons. The van der Waals surface area contributed by atoms with Crippen molar-refractivity contribution in [2.24, 2.45) is 11.3 Å². The zero-order chi connectivity index (χ0) is 19.9. The standard InChI is InChI=1S/C22H19Cl2NO3/c1-13-8-16-12-28-21(27)22(16,10-13)11-14-2-4-15(5-3-14)20(26)25-17-6-7-18(23)19(24)9-17/h2-7,9,16H,1,8,10-12H2,(H,25,26). The number of cyclic esters (lactones) is 1. The van der Waals surface area contributed by atoms with Crippen molar-refractivity contribution >= 4 is 40.8 Å². The summed E-state index contributed by atoms with van der Waals surface area (Å²) in [6.45, 7) is 4.54. The van der Waals surface area contributed by atoms with E-state index in [0.717, 1.165) is 17.6 Å². The lowest BCUT2D eigenvalue weighted by Gasteiger charge is -2.24. The number of amides is 1. The molecule has 1 saturated heterocycles. The number of allylic oxidation sites excluding steroid dienone is 1. The predicted octanol–water partition coefficient (Wildman–Crippen LogP) is 5.30. The summed E-state index contributed by atoms with van der Waals surface area (Å²) in [5.74, 6) is -0.168. The van der Waals surface area contributed by atoms with Gasteiger partial charge in [-0.1, -0.05) is 47.5 Å². The molecular formula is C22H19Cl2NO3. The molecule has 2 aromatic rings. The SMILES string of the molecule is C=C1CC2COC(=O)C2(Cc2ccc(C(=O)Nc3ccc(Cl)c(Cl)c3)cc2)C1. The Labute approximate surface area is 173 Å². The molecule has 1 aliphatic carbocycles. The van der Waals surface area contributed by atoms with Crippen molar-refractivity contribution < 1.29 is 14.3 Å². The number of halogens is 2. The van der Waals surface area contributed by atoms with Gasteiger partial charge in [-0.3, -0.25) is 9.59 Å². The number of nitrogens with one attached hydrogen (secondary N) is 1. The Morgan fingerprint density at radius 1 is 1.18 bits per heavy atom. The first-order valence-corrected chi connectivity index (χ1v) is 9.82. The Bertz CT molecular complexity index is 970. The Kier molecular flexibility index (Phi) is 4.94. The van der Waals surface area contributed by atoms with Crippen molar-refractivity contribution in [3.63, 3.8) is 0 Å². The fourth-order valence-corrected chi connectivity index (χ4v) is 4.48. The number of anilines is 1. The Hall–Kier alpha value is -2.30. The molecule has 4 rings (SSSR count). The fourth-order valence-electron chi connectivity index (χ4n) is 4.18. The highest BCUT2D eigenvalue weighted by molar-refractivity contribution is 6.42. The van der Waals surface area contributed by atoms with Crippen molar-refractivity contribution in [1.82, 2.24) is 0 Å². The van der Waals surface area contributed by atoms with Gasteiger partial charge >= 0.3 is 5.97 Å². The van der Waals surface area contributed by atoms with Crippen LogP contribution < -0.4 is 5.32 Å². The Morgan fingerprint density at radius 3 is 2.64 bits per heavy atom. The van der Waals surface area contributed by atoms with Gasteiger partial charge in [0.25, 0.3) is 5.91 Å². The third-order valence-electron chi connectivity index (χ3n) is 5.62. The first kappa shape index (κ1) is 19.0. The first-order valence-electron chi connectivity index (χ1n) is 9.06. The number of benzene rings is 2. The molecule has 1 N–H and O–H groups in total. The molecular weight excluding hydrogens is 397 g/mol. The van der Waals surface area contributed by atoms with E-state index in [2.05, 4.69) is 11.9 Å². The molecule has 4 nitrogen and oxygen atoms in total. The van der Waals surface area contributed by atoms with E-state index in [4.69, 9.17) is 27.9 Å². The molecule has 0 aromatic heterocycles. The van der Waals surface area contributed by atoms with Crippen LogP contribution in [-0.2, 0) is 16.0 Å². The molecule has 28 heavy (non-hydrogen) atoms. The van der Waals surface area contributed by atoms with Crippen LogP contribution in [0.25, 0.3) is 0 Å². The maximum absolute atomic E-state index is 12.5. The molecule has 1 amide bonds. The topological polar surface area (TPSA) is 55.4 Å². The summed E-state index contributed by atoms with van der Waals surface area (Å²) in [5.41, 5.74) is 2.71. The lowest BCUT2D eigenvalue weighted by atomic mass is 9.75. The van der Waals surface area contributed by atoms with Crippen LogP contribution >= 0.6 is 23.2 Å². The number of fused-ring (bicyclic) bond motifs is 1. The average molecular weight is 416 g/mol. The van der Waals surface area contributed by atoms with E-state index in [1.54, 1.807) is 30.3 Å². The van der Waals surface area contributed by atoms with E-state index < -0.39 is 5.41 Å². The minimum atomic E-state index is -0.499. The summed E-state index contributed by atoms with van der Waals surface area (Å²) in [4.78, 5) is 24.9. The number of ether oxygens (including phenoxy) is 1. The van der Waals surface area contributed by atoms with Crippen LogP contribution in [0.3, 0.4) is 0 Å². The van der Waals surface area contributed by atoms with E-state index in [9.17, 15) is 9.59 Å². The highest BCUT2D eigenvalue weighted by Gasteiger charge is 2.55. The molecule has 0 bridgehead atoms. The van der Waals surface area contributed by atoms with Gasteiger partial charge in [-0.25, -0.2) is 0 Å². The number of carbonyl (C=O) groups excluding carboxylic acids is 2. The maximum Gasteiger partial charge on any atom is 0.313 e. The van der Waals surface area contributed by atoms with E-state index in [1.807, 2.05) is 12.1 Å². The van der Waals surface area contributed by atoms with Crippen molar-refractivity contribution in [3.05, 3.63) is 75.8 Å². The van der Waals surface area contributed by atoms with Crippen molar-refractivity contribution in [2.45, 2.75) is 19.3 Å². The number of carbonyl (C=O) groups is 2. The molecule has 6 heteroatoms. The van der Waals surface area contributed by atoms with Crippen molar-refractivity contribution in [3.8, 4) is 0 Å². The number of esters is 1. The molecule has 2 unspecified atom stereocenters. The van der Waals surface area contributed by atoms with Gasteiger partial charge in [-0.05, 0) is 55.2 Å². The monoisotopic (exact) mass is 415 g/mol. The highest BCUT2D eigenvalue weighted by Crippen LogP contribution is 2.52. The van der Waals surface area contributed by atoms with E-state index in [0.29, 0.717) is 40.7 Å². The van der Waals surface area contributed by atoms with Gasteiger partial charge in [0, 0.05) is 17.2 Å². The summed E-state index contributed by atoms with van der Waals surface area (Å²) in [5, 5.41) is 3.61. The molecule has 2 fully saturated rings. The molecule has 1 saturated carbocycles. The summed E-state index contributed by atoms with van der Waals surface area (Å²) in [6.07, 6.45) is 2.12. The second-order valence-electron chi connectivity index (χ2n) is 7.54. The van der Waals surface area contributed by atoms with Crippen LogP contribution in [0.2, 0.25) is 10.0 Å². The first-order chi connectivity index (χ1) is 13.4. The summed E-state index contributed by atoms with van der Waals surface area (Å²) >= 11 is 11.9. The zero-order valence-corrected chi connectivity index (χ0v) is 16.6. The molecule has 2 atom stereocenters. The number of rotatable bonds is 4. The van der Waals surface area contributed by atoms with Gasteiger partial charge < -0.3 is 10.1 Å². The summed E-state index contributed by atoms with van der Waals surface area (Å²) in [7, 11) is 0. The van der Waals surface area contributed by atoms with Crippen LogP contribution in [0.1, 0.15) is 28.8 Å². The second kappa shape index (κ2) is 7.26. The molecule has 1 aliphatic heterocycles. The third kappa shape index (κ3) is 3.43. The van der Waals surface area contributed by atoms with Gasteiger partial charge in [-0.15, -0.1) is 0 Å². The predicted molar refractivity (Wildman–Crippen MR) is 110 cm³/mol. The van der Waals surface area contributed by atoms with Crippen molar-refractivity contribution in [2.75, 3.05) is 11.9 Å². The van der Waals surface area contributed by atoms with Crippen LogP contribution in [0.4, 0.5) is 5.69 Å². The lowest BCUT2D eigenvalue weighted by molar-refractivity contribution is -0.146. The second-order valence-corrected chi connectivity index (χ2v) is 8.35. The van der Waals surface area contributed by atoms with Gasteiger partial charge in [0.05, 0.1) is 22.1 Å². The normalized spacial score (nSPS) is 23.4. The zero-order valence-electron chi connectivity index (χ0n) is 15.1. The smallest absolute Gasteiger partial charge is 0.313 e. The molecule has 2 aromatic carbocycles. The van der Waals surface area contributed by atoms with Gasteiger partial charge in [0.15, 0.2) is 0 Å². The third-order valence-corrected chi connectivity index (χ3v) is 6.36. The lowest BCUT2D eigenvalue weighted by Crippen LogP contribution is -2.31. The fraction of sp³-hybridized carbons (Fsp3) is 0.273. The average Bonchev–Trinajstić information content (AvgIpc) is 3.13. The summed E-state index contributed by atoms with van der Waals surface area (Å²) in [6, 6.07) is 12.2. The van der Waals surface area contributed by atoms with E-state index in [-0.39, 0.29) is 17.8 Å². The molecule has 1 heterocycles. The molecule has 0 spiro atoms. The molecule has 0 radical (unpaired) electrons. The number of hydrogen-bond acceptors (Lipinski definition) is 3. The minimum absolute atomic E-state index is 0.127. The Morgan fingerprint density at radius 2 is 1.93 bits per heavy atom. The maximum atomic E-state index is 12.5. The molecule has 2 aliphatic rings. The minimum Gasteiger partial charge on any atom is -0.465 e. The Balaban J connectivity index is 1.48. The van der Waals surface area contributed by atoms with Crippen molar-refractivity contribution in [1.29, 1.82) is 0 Å². The van der Waals surface area contributed by atoms with Crippen LogP contribution in [-0.4, -0.2) is 18.5 Å². The summed E-state index contributed by atoms with van der Waals surface area (Å²) < 4.78 is 5.33. The van der Waals surface area contributed by atoms with E-state index >= 15 is 0 Å². The largest absolute Gasteiger partial charge is 0.465 e. The quantitative estimate of drug-likeness (QED) is 0.544. The van der Waals surface area contributed by atoms with Crippen LogP contribution in [0, 0.1) is 11.3 Å². The van der Waals surface area contributed by atoms with Gasteiger partial charge in [0.1, 0.15) is 0 Å². The van der Waals surface area contributed by atoms with Crippen LogP contribution in [0.15, 0.2) is 54.6 Å².